The van der Waals surface area contributed by atoms with E-state index in [2.05, 4.69) is 22.9 Å². The lowest BCUT2D eigenvalue weighted by Gasteiger charge is -2.10. The number of carbonyl (C=O) groups excluding carboxylic acids is 2. The van der Waals surface area contributed by atoms with Gasteiger partial charge in [-0.15, -0.1) is 0 Å². The van der Waals surface area contributed by atoms with E-state index in [1.807, 2.05) is 0 Å². The molecule has 2 rings (SSSR count). The molecular weight excluding hydrogens is 504 g/mol. The fraction of sp³-hybridized carbons (Fsp3) is 0.533. The zero-order chi connectivity index (χ0) is 25.1. The van der Waals surface area contributed by atoms with E-state index in [-0.39, 0.29) is 0 Å². The van der Waals surface area contributed by atoms with E-state index >= 15 is 0 Å². The molecule has 0 N–H and O–H groups in total. The van der Waals surface area contributed by atoms with Crippen molar-refractivity contribution in [1.29, 1.82) is 0 Å². The lowest BCUT2D eigenvalue weighted by molar-refractivity contribution is 0.0734. The molecule has 0 aliphatic carbocycles. The van der Waals surface area contributed by atoms with Crippen LogP contribution in [0.4, 0.5) is 0 Å². The van der Waals surface area contributed by atoms with Gasteiger partial charge in [-0.1, -0.05) is 90.4 Å². The Morgan fingerprint density at radius 2 is 1.31 bits per heavy atom. The average molecular weight is 546 g/mol. The van der Waals surface area contributed by atoms with Crippen molar-refractivity contribution in [3.05, 3.63) is 58.1 Å². The van der Waals surface area contributed by atoms with Crippen LogP contribution in [0.25, 0.3) is 0 Å². The summed E-state index contributed by atoms with van der Waals surface area (Å²) in [7, 11) is 0. The van der Waals surface area contributed by atoms with Crippen LogP contribution in [0.5, 0.6) is 11.5 Å². The number of carbonyl (C=O) groups is 2. The molecule has 4 nitrogen and oxygen atoms in total. The number of benzene rings is 2. The fourth-order valence-corrected chi connectivity index (χ4v) is 4.50. The van der Waals surface area contributed by atoms with E-state index in [4.69, 9.17) is 9.47 Å². The largest absolute Gasteiger partial charge is 0.492 e. The third-order valence-corrected chi connectivity index (χ3v) is 6.77. The number of unbranched alkanes of at least 4 members (excludes halogenated alkanes) is 13. The van der Waals surface area contributed by atoms with E-state index in [9.17, 15) is 9.59 Å². The maximum absolute atomic E-state index is 12.4. The SMILES string of the molecule is CCCCCCCCCCCCCCCCOc1ccc(C(=O)Oc2ccc(C=O)cc2)cc1Br. The zero-order valence-electron chi connectivity index (χ0n) is 21.2. The molecular formula is C30H41BrO4. The Morgan fingerprint density at radius 1 is 0.771 bits per heavy atom. The summed E-state index contributed by atoms with van der Waals surface area (Å²) in [6, 6.07) is 11.6. The lowest BCUT2D eigenvalue weighted by atomic mass is 10.0. The molecule has 2 aromatic rings. The normalized spacial score (nSPS) is 10.8. The van der Waals surface area contributed by atoms with Crippen molar-refractivity contribution in [3.63, 3.8) is 0 Å². The number of rotatable bonds is 19. The highest BCUT2D eigenvalue weighted by Crippen LogP contribution is 2.27. The maximum Gasteiger partial charge on any atom is 0.343 e. The van der Waals surface area contributed by atoms with Crippen LogP contribution in [0.15, 0.2) is 46.9 Å². The van der Waals surface area contributed by atoms with Gasteiger partial charge in [0.2, 0.25) is 0 Å². The van der Waals surface area contributed by atoms with Gasteiger partial charge in [0.1, 0.15) is 17.8 Å². The summed E-state index contributed by atoms with van der Waals surface area (Å²) in [5, 5.41) is 0. The predicted octanol–water partition coefficient (Wildman–Crippen LogP) is 9.34. The monoisotopic (exact) mass is 544 g/mol. The van der Waals surface area contributed by atoms with Crippen molar-refractivity contribution in [1.82, 2.24) is 0 Å². The van der Waals surface area contributed by atoms with Gasteiger partial charge in [-0.2, -0.15) is 0 Å². The summed E-state index contributed by atoms with van der Waals surface area (Å²) in [5.41, 5.74) is 0.966. The van der Waals surface area contributed by atoms with Crippen molar-refractivity contribution in [2.45, 2.75) is 96.8 Å². The standard InChI is InChI=1S/C30H41BrO4/c1-2-3-4-5-6-7-8-9-10-11-12-13-14-15-22-34-29-21-18-26(23-28(29)31)30(33)35-27-19-16-25(24-32)17-20-27/h16-21,23-24H,2-15,22H2,1H3. The van der Waals surface area contributed by atoms with Crippen LogP contribution in [0.1, 0.15) is 118 Å². The molecule has 0 aromatic heterocycles. The second-order valence-electron chi connectivity index (χ2n) is 9.17. The molecule has 0 heterocycles. The summed E-state index contributed by atoms with van der Waals surface area (Å²) in [6.07, 6.45) is 19.4. The van der Waals surface area contributed by atoms with Gasteiger partial charge in [0.15, 0.2) is 0 Å². The maximum atomic E-state index is 12.4. The van der Waals surface area contributed by atoms with Gasteiger partial charge in [0, 0.05) is 5.56 Å². The Morgan fingerprint density at radius 3 is 1.83 bits per heavy atom. The Hall–Kier alpha value is -2.14. The molecule has 0 aliphatic heterocycles. The summed E-state index contributed by atoms with van der Waals surface area (Å²) in [4.78, 5) is 23.1. The molecule has 0 aliphatic rings. The van der Waals surface area contributed by atoms with Gasteiger partial charge in [0.25, 0.3) is 0 Å². The van der Waals surface area contributed by atoms with Crippen molar-refractivity contribution >= 4 is 28.2 Å². The quantitative estimate of drug-likeness (QED) is 0.0764. The fourth-order valence-electron chi connectivity index (χ4n) is 4.00. The number of ether oxygens (including phenoxy) is 2. The van der Waals surface area contributed by atoms with Crippen LogP contribution in [0.3, 0.4) is 0 Å². The first-order chi connectivity index (χ1) is 17.1. The van der Waals surface area contributed by atoms with Crippen molar-refractivity contribution in [3.8, 4) is 11.5 Å². The minimum Gasteiger partial charge on any atom is -0.492 e. The first-order valence-corrected chi connectivity index (χ1v) is 14.1. The number of halogens is 1. The molecule has 192 valence electrons. The first kappa shape index (κ1) is 29.1. The highest BCUT2D eigenvalue weighted by molar-refractivity contribution is 9.10. The Bertz CT molecular complexity index is 863. The molecule has 0 saturated carbocycles. The van der Waals surface area contributed by atoms with Gasteiger partial charge in [-0.05, 0) is 64.8 Å². The molecule has 2 aromatic carbocycles. The first-order valence-electron chi connectivity index (χ1n) is 13.3. The van der Waals surface area contributed by atoms with E-state index in [0.29, 0.717) is 23.5 Å². The summed E-state index contributed by atoms with van der Waals surface area (Å²) in [6.45, 7) is 2.94. The second-order valence-corrected chi connectivity index (χ2v) is 10.0. The lowest BCUT2D eigenvalue weighted by Crippen LogP contribution is -2.09. The third-order valence-electron chi connectivity index (χ3n) is 6.15. The Labute approximate surface area is 219 Å². The molecule has 0 amide bonds. The minimum absolute atomic E-state index is 0.398. The van der Waals surface area contributed by atoms with Crippen LogP contribution >= 0.6 is 15.9 Å². The topological polar surface area (TPSA) is 52.6 Å². The van der Waals surface area contributed by atoms with Gasteiger partial charge in [0.05, 0.1) is 16.6 Å². The molecule has 35 heavy (non-hydrogen) atoms. The van der Waals surface area contributed by atoms with Crippen LogP contribution in [0, 0.1) is 0 Å². The highest BCUT2D eigenvalue weighted by atomic mass is 79.9. The molecule has 0 bridgehead atoms. The van der Waals surface area contributed by atoms with Crippen molar-refractivity contribution < 1.29 is 19.1 Å². The molecule has 0 radical (unpaired) electrons. The summed E-state index contributed by atoms with van der Waals surface area (Å²) < 4.78 is 12.0. The zero-order valence-corrected chi connectivity index (χ0v) is 22.8. The molecule has 0 saturated heterocycles. The number of aldehydes is 1. The molecule has 0 spiro atoms. The van der Waals surface area contributed by atoms with Crippen molar-refractivity contribution in [2.75, 3.05) is 6.61 Å². The van der Waals surface area contributed by atoms with Gasteiger partial charge in [-0.3, -0.25) is 4.79 Å². The number of esters is 1. The molecule has 5 heteroatoms. The Kier molecular flexibility index (Phi) is 15.1. The number of hydrogen-bond acceptors (Lipinski definition) is 4. The van der Waals surface area contributed by atoms with Crippen LogP contribution in [-0.4, -0.2) is 18.9 Å². The van der Waals surface area contributed by atoms with Gasteiger partial charge >= 0.3 is 5.97 Å². The van der Waals surface area contributed by atoms with Crippen LogP contribution in [-0.2, 0) is 0 Å². The Balaban J connectivity index is 1.53. The smallest absolute Gasteiger partial charge is 0.343 e. The van der Waals surface area contributed by atoms with E-state index in [1.54, 1.807) is 42.5 Å². The van der Waals surface area contributed by atoms with Gasteiger partial charge < -0.3 is 9.47 Å². The average Bonchev–Trinajstić information content (AvgIpc) is 2.87. The number of hydrogen-bond donors (Lipinski definition) is 0. The minimum atomic E-state index is -0.455. The molecule has 0 fully saturated rings. The van der Waals surface area contributed by atoms with E-state index in [1.165, 1.54) is 83.5 Å². The summed E-state index contributed by atoms with van der Waals surface area (Å²) >= 11 is 3.49. The molecule has 0 atom stereocenters. The van der Waals surface area contributed by atoms with Crippen LogP contribution < -0.4 is 9.47 Å². The summed E-state index contributed by atoms with van der Waals surface area (Å²) in [5.74, 6) is 0.671. The molecule has 0 unspecified atom stereocenters. The third kappa shape index (κ3) is 12.4. The predicted molar refractivity (Wildman–Crippen MR) is 147 cm³/mol. The van der Waals surface area contributed by atoms with Crippen molar-refractivity contribution in [2.24, 2.45) is 0 Å². The van der Waals surface area contributed by atoms with Gasteiger partial charge in [-0.25, -0.2) is 4.79 Å². The second kappa shape index (κ2) is 18.2. The van der Waals surface area contributed by atoms with E-state index in [0.717, 1.165) is 22.9 Å². The van der Waals surface area contributed by atoms with E-state index < -0.39 is 5.97 Å². The van der Waals surface area contributed by atoms with Crippen LogP contribution in [0.2, 0.25) is 0 Å². The highest BCUT2D eigenvalue weighted by Gasteiger charge is 2.12.